The summed E-state index contributed by atoms with van der Waals surface area (Å²) in [6, 6.07) is 8.60. The number of nitrogens with two attached hydrogens (primary N) is 1. The maximum atomic E-state index is 13.1. The number of rotatable bonds is 3. The lowest BCUT2D eigenvalue weighted by Crippen LogP contribution is -2.44. The quantitative estimate of drug-likeness (QED) is 0.609. The van der Waals surface area contributed by atoms with Gasteiger partial charge >= 0.3 is 6.03 Å². The number of piperidine rings is 2. The second-order valence-electron chi connectivity index (χ2n) is 10.5. The number of aryl methyl sites for hydroxylation is 3. The third-order valence-electron chi connectivity index (χ3n) is 8.41. The number of benzene rings is 1. The van der Waals surface area contributed by atoms with Crippen LogP contribution in [0.15, 0.2) is 34.9 Å². The minimum atomic E-state index is -0.351. The third kappa shape index (κ3) is 5.11. The first kappa shape index (κ1) is 24.3. The van der Waals surface area contributed by atoms with Crippen molar-refractivity contribution in [3.05, 3.63) is 62.9 Å². The molecule has 0 spiro atoms. The van der Waals surface area contributed by atoms with Crippen LogP contribution in [0.1, 0.15) is 66.0 Å². The number of aromatic nitrogens is 1. The molecule has 2 aliphatic heterocycles. The van der Waals surface area contributed by atoms with Crippen LogP contribution in [-0.4, -0.2) is 52.9 Å². The predicted octanol–water partition coefficient (Wildman–Crippen LogP) is 4.80. The lowest BCUT2D eigenvalue weighted by molar-refractivity contribution is -0.134. The number of carbonyl (C=O) groups excluding carboxylic acids is 2. The number of fused-ring (bicyclic) bond motifs is 2. The number of carbonyl (C=O) groups is 2. The highest BCUT2D eigenvalue weighted by Gasteiger charge is 2.36. The van der Waals surface area contributed by atoms with E-state index in [9.17, 15) is 9.59 Å². The van der Waals surface area contributed by atoms with E-state index in [1.54, 1.807) is 4.90 Å². The van der Waals surface area contributed by atoms with Gasteiger partial charge in [-0.1, -0.05) is 18.2 Å². The Balaban J connectivity index is 1.29. The summed E-state index contributed by atoms with van der Waals surface area (Å²) in [5, 5.41) is 0. The second kappa shape index (κ2) is 10.3. The number of amides is 3. The van der Waals surface area contributed by atoms with Crippen molar-refractivity contribution >= 4 is 27.9 Å². The lowest BCUT2D eigenvalue weighted by atomic mass is 9.75. The van der Waals surface area contributed by atoms with E-state index in [1.807, 2.05) is 6.20 Å². The maximum Gasteiger partial charge on any atom is 0.314 e. The van der Waals surface area contributed by atoms with Crippen LogP contribution >= 0.6 is 15.9 Å². The van der Waals surface area contributed by atoms with Gasteiger partial charge in [-0.15, -0.1) is 0 Å². The zero-order valence-electron chi connectivity index (χ0n) is 20.5. The standard InChI is InChI=1S/C28H35BrN4O2/c1-18-3-2-4-20-5-6-22-16-23(29)17-31-27(22)26(25(18)20)21-9-13-32(14-10-21)24(34)15-19-7-11-33(12-8-19)28(30)35/h2-4,16-17,19,21,26H,5-15H2,1H3,(H2,30,35). The van der Waals surface area contributed by atoms with E-state index in [2.05, 4.69) is 52.0 Å². The van der Waals surface area contributed by atoms with Gasteiger partial charge in [-0.25, -0.2) is 4.79 Å². The average molecular weight is 540 g/mol. The molecule has 186 valence electrons. The van der Waals surface area contributed by atoms with Crippen molar-refractivity contribution in [1.29, 1.82) is 0 Å². The summed E-state index contributed by atoms with van der Waals surface area (Å²) in [7, 11) is 0. The number of nitrogens with zero attached hydrogens (tertiary/aromatic N) is 3. The van der Waals surface area contributed by atoms with Gasteiger partial charge in [0.1, 0.15) is 0 Å². The number of halogens is 1. The van der Waals surface area contributed by atoms with E-state index in [-0.39, 0.29) is 17.9 Å². The lowest BCUT2D eigenvalue weighted by Gasteiger charge is -2.38. The van der Waals surface area contributed by atoms with Crippen molar-refractivity contribution in [3.8, 4) is 0 Å². The van der Waals surface area contributed by atoms with Crippen LogP contribution in [0, 0.1) is 18.8 Å². The largest absolute Gasteiger partial charge is 0.351 e. The molecule has 5 rings (SSSR count). The molecule has 2 fully saturated rings. The Hall–Kier alpha value is -2.41. The average Bonchev–Trinajstić information content (AvgIpc) is 3.02. The first-order chi connectivity index (χ1) is 16.9. The van der Waals surface area contributed by atoms with Crippen LogP contribution in [0.25, 0.3) is 0 Å². The van der Waals surface area contributed by atoms with Crippen LogP contribution in [0.3, 0.4) is 0 Å². The Morgan fingerprint density at radius 1 is 1.03 bits per heavy atom. The van der Waals surface area contributed by atoms with Gasteiger partial charge in [-0.3, -0.25) is 9.78 Å². The van der Waals surface area contributed by atoms with Crippen LogP contribution in [0.4, 0.5) is 4.79 Å². The first-order valence-electron chi connectivity index (χ1n) is 13.0. The fraction of sp³-hybridized carbons (Fsp3) is 0.536. The Bertz CT molecular complexity index is 1100. The summed E-state index contributed by atoms with van der Waals surface area (Å²) in [4.78, 5) is 33.2. The summed E-state index contributed by atoms with van der Waals surface area (Å²) in [5.74, 6) is 1.37. The topological polar surface area (TPSA) is 79.5 Å². The smallest absolute Gasteiger partial charge is 0.314 e. The number of hydrogen-bond donors (Lipinski definition) is 1. The highest BCUT2D eigenvalue weighted by molar-refractivity contribution is 9.10. The van der Waals surface area contributed by atoms with Crippen molar-refractivity contribution in [3.63, 3.8) is 0 Å². The molecule has 7 heteroatoms. The zero-order chi connectivity index (χ0) is 24.5. The van der Waals surface area contributed by atoms with Gasteiger partial charge < -0.3 is 15.5 Å². The number of likely N-dealkylation sites (tertiary alicyclic amines) is 2. The van der Waals surface area contributed by atoms with E-state index < -0.39 is 0 Å². The fourth-order valence-corrected chi connectivity index (χ4v) is 6.84. The van der Waals surface area contributed by atoms with Crippen molar-refractivity contribution in [1.82, 2.24) is 14.8 Å². The molecule has 1 aromatic heterocycles. The van der Waals surface area contributed by atoms with E-state index in [0.717, 1.165) is 56.1 Å². The van der Waals surface area contributed by atoms with Gasteiger partial charge in [0, 0.05) is 49.2 Å². The second-order valence-corrected chi connectivity index (χ2v) is 11.4. The van der Waals surface area contributed by atoms with E-state index >= 15 is 0 Å². The summed E-state index contributed by atoms with van der Waals surface area (Å²) in [6.07, 6.45) is 8.31. The highest BCUT2D eigenvalue weighted by atomic mass is 79.9. The van der Waals surface area contributed by atoms with E-state index in [1.165, 1.54) is 27.9 Å². The van der Waals surface area contributed by atoms with Crippen molar-refractivity contribution in [2.75, 3.05) is 26.2 Å². The molecular formula is C28H35BrN4O2. The normalized spacial score (nSPS) is 21.3. The molecule has 0 saturated carbocycles. The number of pyridine rings is 1. The molecule has 0 bridgehead atoms. The van der Waals surface area contributed by atoms with Crippen molar-refractivity contribution in [2.24, 2.45) is 17.6 Å². The van der Waals surface area contributed by atoms with Gasteiger partial charge in [0.15, 0.2) is 0 Å². The summed E-state index contributed by atoms with van der Waals surface area (Å²) >= 11 is 3.62. The molecule has 3 amide bonds. The molecule has 35 heavy (non-hydrogen) atoms. The Kier molecular flexibility index (Phi) is 7.14. The van der Waals surface area contributed by atoms with Gasteiger partial charge in [-0.05, 0) is 102 Å². The molecule has 3 aliphatic rings. The SMILES string of the molecule is Cc1cccc2c1C(C1CCN(C(=O)CC3CCN(C(N)=O)CC3)CC1)c1ncc(Br)cc1CC2. The molecular weight excluding hydrogens is 504 g/mol. The van der Waals surface area contributed by atoms with Crippen molar-refractivity contribution in [2.45, 2.75) is 57.8 Å². The van der Waals surface area contributed by atoms with E-state index in [4.69, 9.17) is 10.7 Å². The Morgan fingerprint density at radius 3 is 2.43 bits per heavy atom. The van der Waals surface area contributed by atoms with Crippen LogP contribution in [0.2, 0.25) is 0 Å². The molecule has 1 aromatic carbocycles. The molecule has 1 atom stereocenters. The van der Waals surface area contributed by atoms with E-state index in [0.29, 0.717) is 31.3 Å². The van der Waals surface area contributed by atoms with Gasteiger partial charge in [0.25, 0.3) is 0 Å². The molecule has 0 radical (unpaired) electrons. The molecule has 2 aromatic rings. The molecule has 3 heterocycles. The molecule has 1 aliphatic carbocycles. The number of urea groups is 1. The Morgan fingerprint density at radius 2 is 1.71 bits per heavy atom. The fourth-order valence-electron chi connectivity index (χ4n) is 6.46. The number of primary amides is 1. The Labute approximate surface area is 216 Å². The zero-order valence-corrected chi connectivity index (χ0v) is 22.1. The van der Waals surface area contributed by atoms with Crippen LogP contribution in [0.5, 0.6) is 0 Å². The maximum absolute atomic E-state index is 13.1. The van der Waals surface area contributed by atoms with Crippen molar-refractivity contribution < 1.29 is 9.59 Å². The molecule has 2 N–H and O–H groups in total. The summed E-state index contributed by atoms with van der Waals surface area (Å²) in [5.41, 5.74) is 12.2. The van der Waals surface area contributed by atoms with Crippen LogP contribution < -0.4 is 5.73 Å². The first-order valence-corrected chi connectivity index (χ1v) is 13.7. The van der Waals surface area contributed by atoms with Gasteiger partial charge in [0.2, 0.25) is 5.91 Å². The molecule has 2 saturated heterocycles. The van der Waals surface area contributed by atoms with Crippen LogP contribution in [-0.2, 0) is 17.6 Å². The van der Waals surface area contributed by atoms with Gasteiger partial charge in [0.05, 0.1) is 5.69 Å². The minimum Gasteiger partial charge on any atom is -0.351 e. The summed E-state index contributed by atoms with van der Waals surface area (Å²) in [6.45, 7) is 5.19. The monoisotopic (exact) mass is 538 g/mol. The molecule has 1 unspecified atom stereocenters. The highest BCUT2D eigenvalue weighted by Crippen LogP contribution is 2.44. The summed E-state index contributed by atoms with van der Waals surface area (Å²) < 4.78 is 1.04. The third-order valence-corrected chi connectivity index (χ3v) is 8.84. The predicted molar refractivity (Wildman–Crippen MR) is 140 cm³/mol. The number of hydrogen-bond acceptors (Lipinski definition) is 3. The molecule has 6 nitrogen and oxygen atoms in total. The van der Waals surface area contributed by atoms with Gasteiger partial charge in [-0.2, -0.15) is 0 Å². The minimum absolute atomic E-state index is 0.265.